The molecule has 2 aromatic carbocycles. The Bertz CT molecular complexity index is 744. The topological polar surface area (TPSA) is 61.4 Å². The molecule has 26 heavy (non-hydrogen) atoms. The van der Waals surface area contributed by atoms with Gasteiger partial charge in [-0.15, -0.1) is 0 Å². The summed E-state index contributed by atoms with van der Waals surface area (Å²) in [7, 11) is 0. The summed E-state index contributed by atoms with van der Waals surface area (Å²) in [6.45, 7) is 3.77. The third kappa shape index (κ3) is 4.85. The van der Waals surface area contributed by atoms with Crippen LogP contribution in [0.4, 0.5) is 10.5 Å². The van der Waals surface area contributed by atoms with Crippen molar-refractivity contribution in [3.63, 3.8) is 0 Å². The van der Waals surface area contributed by atoms with Gasteiger partial charge < -0.3 is 15.5 Å². The fraction of sp³-hybridized carbons (Fsp3) is 0.333. The summed E-state index contributed by atoms with van der Waals surface area (Å²) in [5.74, 6) is 0.258. The summed E-state index contributed by atoms with van der Waals surface area (Å²) >= 11 is 0. The molecule has 1 fully saturated rings. The van der Waals surface area contributed by atoms with E-state index in [-0.39, 0.29) is 17.9 Å². The minimum atomic E-state index is -0.179. The molecule has 5 heteroatoms. The van der Waals surface area contributed by atoms with Crippen LogP contribution in [0.25, 0.3) is 0 Å². The van der Waals surface area contributed by atoms with Gasteiger partial charge in [0.15, 0.2) is 0 Å². The molecule has 3 rings (SSSR count). The molecule has 1 heterocycles. The summed E-state index contributed by atoms with van der Waals surface area (Å²) in [5.41, 5.74) is 3.30. The number of hydrogen-bond donors (Lipinski definition) is 2. The van der Waals surface area contributed by atoms with E-state index in [9.17, 15) is 9.59 Å². The normalized spacial score (nSPS) is 16.6. The van der Waals surface area contributed by atoms with Crippen LogP contribution in [0.15, 0.2) is 54.6 Å². The Kier molecular flexibility index (Phi) is 5.89. The number of benzene rings is 2. The molecule has 0 saturated carbocycles. The van der Waals surface area contributed by atoms with Crippen LogP contribution in [0.1, 0.15) is 17.5 Å². The van der Waals surface area contributed by atoms with Gasteiger partial charge in [-0.3, -0.25) is 4.79 Å². The van der Waals surface area contributed by atoms with Gasteiger partial charge in [0, 0.05) is 37.7 Å². The summed E-state index contributed by atoms with van der Waals surface area (Å²) < 4.78 is 0. The average Bonchev–Trinajstić information content (AvgIpc) is 3.02. The first-order valence-corrected chi connectivity index (χ1v) is 9.04. The van der Waals surface area contributed by atoms with Crippen molar-refractivity contribution in [3.05, 3.63) is 65.7 Å². The Hall–Kier alpha value is -2.82. The number of amides is 3. The molecule has 0 spiro atoms. The number of aryl methyl sites for hydroxylation is 1. The van der Waals surface area contributed by atoms with E-state index >= 15 is 0 Å². The van der Waals surface area contributed by atoms with Gasteiger partial charge in [0.25, 0.3) is 0 Å². The lowest BCUT2D eigenvalue weighted by atomic mass is 10.1. The van der Waals surface area contributed by atoms with E-state index < -0.39 is 0 Å². The van der Waals surface area contributed by atoms with Crippen molar-refractivity contribution in [3.8, 4) is 0 Å². The van der Waals surface area contributed by atoms with Gasteiger partial charge in [-0.05, 0) is 31.0 Å². The third-order valence-electron chi connectivity index (χ3n) is 4.64. The molecule has 0 radical (unpaired) electrons. The lowest BCUT2D eigenvalue weighted by Gasteiger charge is -2.17. The van der Waals surface area contributed by atoms with Crippen molar-refractivity contribution in [1.82, 2.24) is 10.6 Å². The lowest BCUT2D eigenvalue weighted by Crippen LogP contribution is -2.39. The smallest absolute Gasteiger partial charge is 0.314 e. The van der Waals surface area contributed by atoms with Gasteiger partial charge in [-0.1, -0.05) is 48.0 Å². The zero-order valence-electron chi connectivity index (χ0n) is 15.1. The van der Waals surface area contributed by atoms with Gasteiger partial charge in [-0.25, -0.2) is 4.79 Å². The molecule has 1 aliphatic heterocycles. The highest BCUT2D eigenvalue weighted by atomic mass is 16.2. The van der Waals surface area contributed by atoms with Crippen molar-refractivity contribution in [2.45, 2.75) is 19.8 Å². The van der Waals surface area contributed by atoms with Crippen LogP contribution in [-0.4, -0.2) is 31.6 Å². The van der Waals surface area contributed by atoms with Crippen LogP contribution in [0, 0.1) is 12.8 Å². The zero-order chi connectivity index (χ0) is 18.4. The minimum absolute atomic E-state index is 0.116. The molecule has 2 aromatic rings. The van der Waals surface area contributed by atoms with E-state index in [0.29, 0.717) is 26.1 Å². The van der Waals surface area contributed by atoms with Crippen molar-refractivity contribution >= 4 is 17.6 Å². The Morgan fingerprint density at radius 2 is 1.81 bits per heavy atom. The Balaban J connectivity index is 1.40. The van der Waals surface area contributed by atoms with Crippen molar-refractivity contribution < 1.29 is 9.59 Å². The molecule has 2 N–H and O–H groups in total. The largest absolute Gasteiger partial charge is 0.338 e. The van der Waals surface area contributed by atoms with Gasteiger partial charge in [0.2, 0.25) is 5.91 Å². The molecule has 0 bridgehead atoms. The van der Waals surface area contributed by atoms with E-state index in [0.717, 1.165) is 12.1 Å². The number of nitrogens with one attached hydrogen (secondary N) is 2. The quantitative estimate of drug-likeness (QED) is 0.841. The predicted octanol–water partition coefficient (Wildman–Crippen LogP) is 2.89. The van der Waals surface area contributed by atoms with Crippen LogP contribution in [0.2, 0.25) is 0 Å². The number of nitrogens with zero attached hydrogens (tertiary/aromatic N) is 1. The maximum Gasteiger partial charge on any atom is 0.314 e. The fourth-order valence-electron chi connectivity index (χ4n) is 3.16. The third-order valence-corrected chi connectivity index (χ3v) is 4.64. The molecular formula is C21H25N3O2. The highest BCUT2D eigenvalue weighted by Gasteiger charge is 2.30. The molecule has 0 aliphatic carbocycles. The second-order valence-electron chi connectivity index (χ2n) is 6.78. The van der Waals surface area contributed by atoms with Crippen molar-refractivity contribution in [2.75, 3.05) is 24.5 Å². The monoisotopic (exact) mass is 351 g/mol. The number of urea groups is 1. The van der Waals surface area contributed by atoms with E-state index in [2.05, 4.69) is 10.6 Å². The van der Waals surface area contributed by atoms with E-state index in [4.69, 9.17) is 0 Å². The highest BCUT2D eigenvalue weighted by molar-refractivity contribution is 5.95. The lowest BCUT2D eigenvalue weighted by molar-refractivity contribution is -0.117. The Labute approximate surface area is 154 Å². The molecule has 136 valence electrons. The summed E-state index contributed by atoms with van der Waals surface area (Å²) in [4.78, 5) is 26.0. The predicted molar refractivity (Wildman–Crippen MR) is 103 cm³/mol. The van der Waals surface area contributed by atoms with Gasteiger partial charge in [0.05, 0.1) is 0 Å². The highest BCUT2D eigenvalue weighted by Crippen LogP contribution is 2.24. The average molecular weight is 351 g/mol. The summed E-state index contributed by atoms with van der Waals surface area (Å²) in [6.07, 6.45) is 1.27. The standard InChI is InChI=1S/C21H25N3O2/c1-16-7-9-19(10-8-16)24-15-18(13-20(24)25)14-23-21(26)22-12-11-17-5-3-2-4-6-17/h2-10,18H,11-15H2,1H3,(H2,22,23,26)/t18-/m0/s1. The molecule has 1 atom stereocenters. The first kappa shape index (κ1) is 18.0. The molecule has 0 unspecified atom stereocenters. The Morgan fingerprint density at radius 1 is 1.08 bits per heavy atom. The Morgan fingerprint density at radius 3 is 2.54 bits per heavy atom. The summed E-state index contributed by atoms with van der Waals surface area (Å²) in [5, 5.41) is 5.75. The van der Waals surface area contributed by atoms with Gasteiger partial charge >= 0.3 is 6.03 Å². The SMILES string of the molecule is Cc1ccc(N2C[C@H](CNC(=O)NCCc3ccccc3)CC2=O)cc1. The number of hydrogen-bond acceptors (Lipinski definition) is 2. The first-order valence-electron chi connectivity index (χ1n) is 9.04. The number of anilines is 1. The molecule has 1 saturated heterocycles. The van der Waals surface area contributed by atoms with Crippen molar-refractivity contribution in [2.24, 2.45) is 5.92 Å². The van der Waals surface area contributed by atoms with E-state index in [1.165, 1.54) is 11.1 Å². The molecular weight excluding hydrogens is 326 g/mol. The summed E-state index contributed by atoms with van der Waals surface area (Å²) in [6, 6.07) is 17.8. The fourth-order valence-corrected chi connectivity index (χ4v) is 3.16. The first-order chi connectivity index (χ1) is 12.6. The number of carbonyl (C=O) groups excluding carboxylic acids is 2. The maximum atomic E-state index is 12.2. The maximum absolute atomic E-state index is 12.2. The van der Waals surface area contributed by atoms with E-state index in [1.54, 1.807) is 4.90 Å². The van der Waals surface area contributed by atoms with Crippen LogP contribution in [-0.2, 0) is 11.2 Å². The molecule has 1 aliphatic rings. The van der Waals surface area contributed by atoms with Crippen LogP contribution in [0.5, 0.6) is 0 Å². The van der Waals surface area contributed by atoms with Gasteiger partial charge in [-0.2, -0.15) is 0 Å². The van der Waals surface area contributed by atoms with E-state index in [1.807, 2.05) is 61.5 Å². The molecule has 3 amide bonds. The van der Waals surface area contributed by atoms with Crippen LogP contribution < -0.4 is 15.5 Å². The van der Waals surface area contributed by atoms with Crippen molar-refractivity contribution in [1.29, 1.82) is 0 Å². The molecule has 5 nitrogen and oxygen atoms in total. The van der Waals surface area contributed by atoms with Gasteiger partial charge in [0.1, 0.15) is 0 Å². The number of rotatable bonds is 6. The van der Waals surface area contributed by atoms with Crippen LogP contribution in [0.3, 0.4) is 0 Å². The molecule has 0 aromatic heterocycles. The minimum Gasteiger partial charge on any atom is -0.338 e. The zero-order valence-corrected chi connectivity index (χ0v) is 15.1. The second kappa shape index (κ2) is 8.52. The number of carbonyl (C=O) groups is 2. The van der Waals surface area contributed by atoms with Crippen LogP contribution >= 0.6 is 0 Å². The second-order valence-corrected chi connectivity index (χ2v) is 6.78.